The van der Waals surface area contributed by atoms with Gasteiger partial charge in [0, 0.05) is 46.5 Å². The predicted molar refractivity (Wildman–Crippen MR) is 112 cm³/mol. The first-order chi connectivity index (χ1) is 13.5. The van der Waals surface area contributed by atoms with Crippen molar-refractivity contribution in [1.82, 2.24) is 4.57 Å². The van der Waals surface area contributed by atoms with Gasteiger partial charge in [0.05, 0.1) is 12.8 Å². The fourth-order valence-corrected chi connectivity index (χ4v) is 3.51. The molecular weight excluding hydrogens is 424 g/mol. The SMILES string of the molecule is COc1cc2c(cc1NC(=O)CCn1cc(Br)ccc1=O)oc1ccccc12. The molecule has 0 saturated carbocycles. The summed E-state index contributed by atoms with van der Waals surface area (Å²) in [6.07, 6.45) is 1.81. The number of aryl methyl sites for hydroxylation is 1. The normalized spacial score (nSPS) is 11.1. The molecule has 0 fully saturated rings. The number of para-hydroxylation sites is 1. The fraction of sp³-hybridized carbons (Fsp3) is 0.143. The number of hydrogen-bond acceptors (Lipinski definition) is 4. The summed E-state index contributed by atoms with van der Waals surface area (Å²) < 4.78 is 13.6. The minimum absolute atomic E-state index is 0.150. The summed E-state index contributed by atoms with van der Waals surface area (Å²) >= 11 is 3.33. The van der Waals surface area contributed by atoms with Crippen molar-refractivity contribution in [3.63, 3.8) is 0 Å². The van der Waals surface area contributed by atoms with Gasteiger partial charge in [-0.3, -0.25) is 9.59 Å². The van der Waals surface area contributed by atoms with Gasteiger partial charge < -0.3 is 19.0 Å². The summed E-state index contributed by atoms with van der Waals surface area (Å²) in [4.78, 5) is 24.3. The molecule has 142 valence electrons. The van der Waals surface area contributed by atoms with E-state index in [1.54, 1.807) is 25.4 Å². The summed E-state index contributed by atoms with van der Waals surface area (Å²) in [5.74, 6) is 0.327. The lowest BCUT2D eigenvalue weighted by atomic mass is 10.1. The van der Waals surface area contributed by atoms with Gasteiger partial charge in [0.2, 0.25) is 5.91 Å². The molecule has 0 unspecified atom stereocenters. The van der Waals surface area contributed by atoms with Crippen molar-refractivity contribution >= 4 is 49.5 Å². The van der Waals surface area contributed by atoms with Gasteiger partial charge in [-0.2, -0.15) is 0 Å². The predicted octanol–water partition coefficient (Wildman–Crippen LogP) is 4.55. The molecule has 4 rings (SSSR count). The maximum Gasteiger partial charge on any atom is 0.250 e. The molecule has 2 aromatic heterocycles. The monoisotopic (exact) mass is 440 g/mol. The molecule has 0 bridgehead atoms. The van der Waals surface area contributed by atoms with E-state index in [1.165, 1.54) is 10.6 Å². The second-order valence-electron chi connectivity index (χ2n) is 6.32. The minimum Gasteiger partial charge on any atom is -0.495 e. The van der Waals surface area contributed by atoms with Crippen molar-refractivity contribution in [2.24, 2.45) is 0 Å². The molecular formula is C21H17BrN2O4. The van der Waals surface area contributed by atoms with E-state index in [2.05, 4.69) is 21.2 Å². The lowest BCUT2D eigenvalue weighted by molar-refractivity contribution is -0.116. The van der Waals surface area contributed by atoms with Gasteiger partial charge in [-0.05, 0) is 34.1 Å². The maximum absolute atomic E-state index is 12.4. The van der Waals surface area contributed by atoms with Gasteiger partial charge in [-0.25, -0.2) is 0 Å². The average Bonchev–Trinajstić information content (AvgIpc) is 3.05. The van der Waals surface area contributed by atoms with Crippen LogP contribution in [0.2, 0.25) is 0 Å². The molecule has 1 amide bonds. The van der Waals surface area contributed by atoms with Crippen molar-refractivity contribution < 1.29 is 13.9 Å². The number of carbonyl (C=O) groups excluding carboxylic acids is 1. The van der Waals surface area contributed by atoms with Crippen LogP contribution in [0.25, 0.3) is 21.9 Å². The van der Waals surface area contributed by atoms with Crippen molar-refractivity contribution in [2.75, 3.05) is 12.4 Å². The zero-order valence-electron chi connectivity index (χ0n) is 15.1. The van der Waals surface area contributed by atoms with E-state index in [1.807, 2.05) is 30.3 Å². The van der Waals surface area contributed by atoms with Crippen molar-refractivity contribution in [2.45, 2.75) is 13.0 Å². The first-order valence-electron chi connectivity index (χ1n) is 8.70. The number of furan rings is 1. The van der Waals surface area contributed by atoms with Gasteiger partial charge in [-0.1, -0.05) is 18.2 Å². The molecule has 28 heavy (non-hydrogen) atoms. The number of halogens is 1. The summed E-state index contributed by atoms with van der Waals surface area (Å²) in [5, 5.41) is 4.76. The third-order valence-corrected chi connectivity index (χ3v) is 4.97. The van der Waals surface area contributed by atoms with Gasteiger partial charge >= 0.3 is 0 Å². The highest BCUT2D eigenvalue weighted by atomic mass is 79.9. The van der Waals surface area contributed by atoms with Crippen molar-refractivity contribution in [3.8, 4) is 5.75 Å². The Morgan fingerprint density at radius 2 is 1.96 bits per heavy atom. The van der Waals surface area contributed by atoms with E-state index in [9.17, 15) is 9.59 Å². The number of pyridine rings is 1. The Kier molecular flexibility index (Phi) is 4.92. The number of benzene rings is 2. The van der Waals surface area contributed by atoms with Crippen LogP contribution >= 0.6 is 15.9 Å². The highest BCUT2D eigenvalue weighted by molar-refractivity contribution is 9.10. The molecule has 0 saturated heterocycles. The minimum atomic E-state index is -0.222. The number of ether oxygens (including phenoxy) is 1. The summed E-state index contributed by atoms with van der Waals surface area (Å²) in [6, 6.07) is 14.5. The molecule has 0 aliphatic rings. The van der Waals surface area contributed by atoms with Crippen LogP contribution < -0.4 is 15.6 Å². The van der Waals surface area contributed by atoms with Crippen LogP contribution in [0, 0.1) is 0 Å². The molecule has 0 atom stereocenters. The zero-order chi connectivity index (χ0) is 19.7. The van der Waals surface area contributed by atoms with Crippen LogP contribution in [0.1, 0.15) is 6.42 Å². The van der Waals surface area contributed by atoms with E-state index in [0.717, 1.165) is 20.8 Å². The number of amides is 1. The molecule has 2 heterocycles. The number of carbonyl (C=O) groups is 1. The summed E-state index contributed by atoms with van der Waals surface area (Å²) in [6.45, 7) is 0.277. The molecule has 0 radical (unpaired) electrons. The fourth-order valence-electron chi connectivity index (χ4n) is 3.13. The number of rotatable bonds is 5. The number of nitrogens with one attached hydrogen (secondary N) is 1. The maximum atomic E-state index is 12.4. The quantitative estimate of drug-likeness (QED) is 0.493. The Bertz CT molecular complexity index is 1240. The van der Waals surface area contributed by atoms with E-state index in [4.69, 9.17) is 9.15 Å². The number of anilines is 1. The Morgan fingerprint density at radius 1 is 1.14 bits per heavy atom. The lowest BCUT2D eigenvalue weighted by Crippen LogP contribution is -2.22. The first kappa shape index (κ1) is 18.3. The van der Waals surface area contributed by atoms with Crippen LogP contribution in [0.3, 0.4) is 0 Å². The van der Waals surface area contributed by atoms with Gasteiger partial charge in [0.15, 0.2) is 0 Å². The number of hydrogen-bond donors (Lipinski definition) is 1. The molecule has 0 aliphatic heterocycles. The second-order valence-corrected chi connectivity index (χ2v) is 7.24. The van der Waals surface area contributed by atoms with Crippen molar-refractivity contribution in [3.05, 3.63) is 69.6 Å². The number of fused-ring (bicyclic) bond motifs is 3. The third kappa shape index (κ3) is 3.53. The highest BCUT2D eigenvalue weighted by Gasteiger charge is 2.14. The van der Waals surface area contributed by atoms with Gasteiger partial charge in [0.25, 0.3) is 5.56 Å². The first-order valence-corrected chi connectivity index (χ1v) is 9.49. The number of aromatic nitrogens is 1. The molecule has 0 aliphatic carbocycles. The highest BCUT2D eigenvalue weighted by Crippen LogP contribution is 2.36. The smallest absolute Gasteiger partial charge is 0.250 e. The van der Waals surface area contributed by atoms with Crippen LogP contribution in [-0.2, 0) is 11.3 Å². The molecule has 6 nitrogen and oxygen atoms in total. The van der Waals surface area contributed by atoms with Gasteiger partial charge in [-0.15, -0.1) is 0 Å². The van der Waals surface area contributed by atoms with E-state index in [0.29, 0.717) is 17.0 Å². The number of nitrogens with zero attached hydrogens (tertiary/aromatic N) is 1. The second kappa shape index (κ2) is 7.52. The lowest BCUT2D eigenvalue weighted by Gasteiger charge is -2.11. The summed E-state index contributed by atoms with van der Waals surface area (Å²) in [7, 11) is 1.56. The summed E-state index contributed by atoms with van der Waals surface area (Å²) in [5.41, 5.74) is 1.82. The largest absolute Gasteiger partial charge is 0.495 e. The average molecular weight is 441 g/mol. The zero-order valence-corrected chi connectivity index (χ0v) is 16.7. The Hall–Kier alpha value is -3.06. The third-order valence-electron chi connectivity index (χ3n) is 4.50. The molecule has 7 heteroatoms. The molecule has 2 aromatic carbocycles. The van der Waals surface area contributed by atoms with E-state index < -0.39 is 0 Å². The van der Waals surface area contributed by atoms with Crippen LogP contribution in [0.5, 0.6) is 5.75 Å². The molecule has 4 aromatic rings. The Balaban J connectivity index is 1.58. The van der Waals surface area contributed by atoms with Crippen LogP contribution in [-0.4, -0.2) is 17.6 Å². The van der Waals surface area contributed by atoms with Crippen molar-refractivity contribution in [1.29, 1.82) is 0 Å². The standard InChI is InChI=1S/C21H17BrN2O4/c1-27-19-10-15-14-4-2-3-5-17(14)28-18(15)11-16(19)23-20(25)8-9-24-12-13(22)6-7-21(24)26/h2-7,10-12H,8-9H2,1H3,(H,23,25). The van der Waals surface area contributed by atoms with E-state index >= 15 is 0 Å². The Morgan fingerprint density at radius 3 is 2.79 bits per heavy atom. The van der Waals surface area contributed by atoms with Crippen LogP contribution in [0.15, 0.2) is 68.4 Å². The van der Waals surface area contributed by atoms with Gasteiger partial charge in [0.1, 0.15) is 16.9 Å². The van der Waals surface area contributed by atoms with E-state index in [-0.39, 0.29) is 24.4 Å². The Labute approximate surface area is 168 Å². The molecule has 1 N–H and O–H groups in total. The molecule has 0 spiro atoms. The number of methoxy groups -OCH3 is 1. The van der Waals surface area contributed by atoms with Crippen LogP contribution in [0.4, 0.5) is 5.69 Å². The topological polar surface area (TPSA) is 73.5 Å².